The van der Waals surface area contributed by atoms with E-state index in [-0.39, 0.29) is 12.8 Å². The molecule has 11 heteroatoms. The molecule has 1 rings (SSSR count). The first kappa shape index (κ1) is 26.5. The van der Waals surface area contributed by atoms with Crippen LogP contribution in [0.2, 0.25) is 0 Å². The van der Waals surface area contributed by atoms with E-state index in [0.717, 1.165) is 0 Å². The molecule has 166 valence electrons. The molecule has 0 aromatic heterocycles. The van der Waals surface area contributed by atoms with E-state index in [0.29, 0.717) is 5.56 Å². The summed E-state index contributed by atoms with van der Waals surface area (Å²) in [5.41, 5.74) is 5.62. The van der Waals surface area contributed by atoms with E-state index < -0.39 is 41.9 Å². The molecule has 0 saturated carbocycles. The minimum atomic E-state index is -1.06. The first-order valence-corrected chi connectivity index (χ1v) is 8.60. The largest absolute Gasteiger partial charge is 0.469 e. The van der Waals surface area contributed by atoms with Gasteiger partial charge in [-0.25, -0.2) is 4.79 Å². The van der Waals surface area contributed by atoms with Crippen LogP contribution < -0.4 is 11.1 Å². The van der Waals surface area contributed by atoms with Crippen molar-refractivity contribution < 1.29 is 42.9 Å². The Morgan fingerprint density at radius 2 is 1.30 bits per heavy atom. The Balaban J connectivity index is 0.000000654. The van der Waals surface area contributed by atoms with Crippen LogP contribution >= 0.6 is 0 Å². The summed E-state index contributed by atoms with van der Waals surface area (Å²) < 4.78 is 17.6. The molecule has 0 aliphatic carbocycles. The number of rotatable bonds is 8. The van der Waals surface area contributed by atoms with Gasteiger partial charge in [0.1, 0.15) is 12.1 Å². The lowest BCUT2D eigenvalue weighted by molar-refractivity contribution is -0.149. The van der Waals surface area contributed by atoms with Crippen molar-refractivity contribution in [3.63, 3.8) is 0 Å². The topological polar surface area (TPSA) is 160 Å². The molecule has 3 N–H and O–H groups in total. The zero-order valence-corrected chi connectivity index (χ0v) is 17.2. The Hall–Kier alpha value is -3.47. The SMILES string of the molecule is COC(=O)C[C@H](N)C(=O)OC.COC(=O)C[C@H](NC(=O)c1ccccc1)C(=O)OC. The van der Waals surface area contributed by atoms with Gasteiger partial charge >= 0.3 is 23.9 Å². The van der Waals surface area contributed by atoms with Gasteiger partial charge in [0.2, 0.25) is 0 Å². The van der Waals surface area contributed by atoms with E-state index in [2.05, 4.69) is 24.3 Å². The van der Waals surface area contributed by atoms with Gasteiger partial charge in [0, 0.05) is 5.56 Å². The van der Waals surface area contributed by atoms with Crippen molar-refractivity contribution in [1.29, 1.82) is 0 Å². The van der Waals surface area contributed by atoms with E-state index in [1.807, 2.05) is 0 Å². The first-order valence-electron chi connectivity index (χ1n) is 8.60. The van der Waals surface area contributed by atoms with Crippen LogP contribution in [-0.4, -0.2) is 70.3 Å². The number of nitrogens with two attached hydrogens (primary N) is 1. The number of carbonyl (C=O) groups is 5. The summed E-state index contributed by atoms with van der Waals surface area (Å²) in [7, 11) is 4.82. The standard InChI is InChI=1S/C13H15NO5.C6H11NO4/c1-18-11(15)8-10(13(17)19-2)14-12(16)9-6-4-3-5-7-9;1-10-5(8)3-4(7)6(9)11-2/h3-7,10H,8H2,1-2H3,(H,14,16);4H,3,7H2,1-2H3/t10-;4-/m00/s1. The molecular formula is C19H26N2O9. The Labute approximate surface area is 173 Å². The third-order valence-electron chi connectivity index (χ3n) is 3.54. The van der Waals surface area contributed by atoms with Gasteiger partial charge < -0.3 is 30.0 Å². The summed E-state index contributed by atoms with van der Waals surface area (Å²) in [6.07, 6.45) is -0.426. The third kappa shape index (κ3) is 10.2. The summed E-state index contributed by atoms with van der Waals surface area (Å²) >= 11 is 0. The molecular weight excluding hydrogens is 400 g/mol. The molecule has 0 unspecified atom stereocenters. The van der Waals surface area contributed by atoms with E-state index in [4.69, 9.17) is 5.73 Å². The number of hydrogen-bond acceptors (Lipinski definition) is 10. The smallest absolute Gasteiger partial charge is 0.328 e. The van der Waals surface area contributed by atoms with Gasteiger partial charge in [-0.2, -0.15) is 0 Å². The van der Waals surface area contributed by atoms with Crippen LogP contribution in [0.4, 0.5) is 0 Å². The maximum Gasteiger partial charge on any atom is 0.328 e. The van der Waals surface area contributed by atoms with Crippen molar-refractivity contribution in [2.75, 3.05) is 28.4 Å². The second-order valence-electron chi connectivity index (χ2n) is 5.61. The van der Waals surface area contributed by atoms with Crippen molar-refractivity contribution in [2.45, 2.75) is 24.9 Å². The first-order chi connectivity index (χ1) is 14.2. The predicted molar refractivity (Wildman–Crippen MR) is 103 cm³/mol. The second kappa shape index (κ2) is 14.5. The van der Waals surface area contributed by atoms with Crippen molar-refractivity contribution in [3.05, 3.63) is 35.9 Å². The lowest BCUT2D eigenvalue weighted by atomic mass is 10.1. The number of methoxy groups -OCH3 is 4. The van der Waals surface area contributed by atoms with Crippen LogP contribution in [-0.2, 0) is 38.1 Å². The number of nitrogens with one attached hydrogen (secondary N) is 1. The maximum absolute atomic E-state index is 11.9. The van der Waals surface area contributed by atoms with Crippen molar-refractivity contribution >= 4 is 29.8 Å². The Morgan fingerprint density at radius 3 is 1.77 bits per heavy atom. The summed E-state index contributed by atoms with van der Waals surface area (Å²) in [5, 5.41) is 2.43. The molecule has 0 fully saturated rings. The van der Waals surface area contributed by atoms with Crippen LogP contribution in [0.25, 0.3) is 0 Å². The summed E-state index contributed by atoms with van der Waals surface area (Å²) in [4.78, 5) is 55.7. The number of hydrogen-bond donors (Lipinski definition) is 2. The van der Waals surface area contributed by atoms with E-state index in [1.165, 1.54) is 28.4 Å². The van der Waals surface area contributed by atoms with Crippen LogP contribution in [0.15, 0.2) is 30.3 Å². The number of carbonyl (C=O) groups excluding carboxylic acids is 5. The predicted octanol–water partition coefficient (Wildman–Crippen LogP) is -0.429. The average molecular weight is 426 g/mol. The molecule has 1 amide bonds. The Bertz CT molecular complexity index is 722. The van der Waals surface area contributed by atoms with Crippen LogP contribution in [0.3, 0.4) is 0 Å². The highest BCUT2D eigenvalue weighted by atomic mass is 16.5. The fourth-order valence-electron chi connectivity index (χ4n) is 1.91. The van der Waals surface area contributed by atoms with E-state index in [9.17, 15) is 24.0 Å². The quantitative estimate of drug-likeness (QED) is 0.412. The lowest BCUT2D eigenvalue weighted by Gasteiger charge is -2.15. The maximum atomic E-state index is 11.9. The molecule has 0 aliphatic rings. The third-order valence-corrected chi connectivity index (χ3v) is 3.54. The molecule has 0 aliphatic heterocycles. The number of amides is 1. The zero-order chi connectivity index (χ0) is 23.1. The number of ether oxygens (including phenoxy) is 4. The van der Waals surface area contributed by atoms with Crippen molar-refractivity contribution in [1.82, 2.24) is 5.32 Å². The molecule has 0 saturated heterocycles. The zero-order valence-electron chi connectivity index (χ0n) is 17.2. The van der Waals surface area contributed by atoms with Gasteiger partial charge in [-0.3, -0.25) is 19.2 Å². The van der Waals surface area contributed by atoms with E-state index in [1.54, 1.807) is 30.3 Å². The minimum absolute atomic E-state index is 0.150. The fraction of sp³-hybridized carbons (Fsp3) is 0.421. The van der Waals surface area contributed by atoms with Crippen molar-refractivity contribution in [2.24, 2.45) is 5.73 Å². The molecule has 0 spiro atoms. The molecule has 1 aromatic rings. The fourth-order valence-corrected chi connectivity index (χ4v) is 1.91. The number of benzene rings is 1. The Morgan fingerprint density at radius 1 is 0.800 bits per heavy atom. The molecule has 1 aromatic carbocycles. The second-order valence-corrected chi connectivity index (χ2v) is 5.61. The molecule has 2 atom stereocenters. The molecule has 0 bridgehead atoms. The molecule has 0 radical (unpaired) electrons. The Kier molecular flexibility index (Phi) is 12.8. The highest BCUT2D eigenvalue weighted by Crippen LogP contribution is 2.02. The van der Waals surface area contributed by atoms with Gasteiger partial charge in [-0.1, -0.05) is 18.2 Å². The van der Waals surface area contributed by atoms with Gasteiger partial charge in [-0.15, -0.1) is 0 Å². The summed E-state index contributed by atoms with van der Waals surface area (Å²) in [6.45, 7) is 0. The van der Waals surface area contributed by atoms with Gasteiger partial charge in [0.05, 0.1) is 41.3 Å². The molecule has 30 heavy (non-hydrogen) atoms. The monoisotopic (exact) mass is 426 g/mol. The summed E-state index contributed by atoms with van der Waals surface area (Å²) in [5.74, 6) is -2.91. The van der Waals surface area contributed by atoms with Crippen LogP contribution in [0.1, 0.15) is 23.2 Å². The van der Waals surface area contributed by atoms with Crippen molar-refractivity contribution in [3.8, 4) is 0 Å². The van der Waals surface area contributed by atoms with Crippen LogP contribution in [0, 0.1) is 0 Å². The van der Waals surface area contributed by atoms with Gasteiger partial charge in [0.25, 0.3) is 5.91 Å². The number of esters is 4. The normalized spacial score (nSPS) is 11.5. The van der Waals surface area contributed by atoms with Gasteiger partial charge in [-0.05, 0) is 12.1 Å². The van der Waals surface area contributed by atoms with Crippen LogP contribution in [0.5, 0.6) is 0 Å². The minimum Gasteiger partial charge on any atom is -0.469 e. The van der Waals surface area contributed by atoms with E-state index >= 15 is 0 Å². The average Bonchev–Trinajstić information content (AvgIpc) is 2.77. The molecule has 0 heterocycles. The molecule has 11 nitrogen and oxygen atoms in total. The summed E-state index contributed by atoms with van der Waals surface area (Å²) in [6, 6.07) is 6.37. The highest BCUT2D eigenvalue weighted by Gasteiger charge is 2.25. The highest BCUT2D eigenvalue weighted by molar-refractivity contribution is 5.97. The van der Waals surface area contributed by atoms with Gasteiger partial charge in [0.15, 0.2) is 0 Å². The lowest BCUT2D eigenvalue weighted by Crippen LogP contribution is -2.43.